The second-order valence-electron chi connectivity index (χ2n) is 6.59. The van der Waals surface area contributed by atoms with Crippen LogP contribution in [0.3, 0.4) is 0 Å². The fourth-order valence-electron chi connectivity index (χ4n) is 3.22. The van der Waals surface area contributed by atoms with Crippen LogP contribution in [-0.2, 0) is 0 Å². The van der Waals surface area contributed by atoms with Gasteiger partial charge < -0.3 is 16.0 Å². The molecule has 1 amide bonds. The number of halogens is 1. The van der Waals surface area contributed by atoms with Gasteiger partial charge in [0.2, 0.25) is 0 Å². The molecule has 8 heteroatoms. The topological polar surface area (TPSA) is 78.9 Å². The lowest BCUT2D eigenvalue weighted by Gasteiger charge is -2.23. The van der Waals surface area contributed by atoms with Crippen molar-refractivity contribution in [1.29, 1.82) is 0 Å². The predicted molar refractivity (Wildman–Crippen MR) is 114 cm³/mol. The summed E-state index contributed by atoms with van der Waals surface area (Å²) in [5, 5.41) is 10.5. The van der Waals surface area contributed by atoms with Gasteiger partial charge in [0.05, 0.1) is 16.9 Å². The second-order valence-corrected chi connectivity index (χ2v) is 8.03. The van der Waals surface area contributed by atoms with Gasteiger partial charge in [-0.15, -0.1) is 0 Å². The Labute approximate surface area is 172 Å². The van der Waals surface area contributed by atoms with Crippen molar-refractivity contribution in [3.8, 4) is 0 Å². The van der Waals surface area contributed by atoms with Crippen molar-refractivity contribution in [3.63, 3.8) is 0 Å². The summed E-state index contributed by atoms with van der Waals surface area (Å²) in [7, 11) is 0. The molecule has 0 saturated carbocycles. The van der Waals surface area contributed by atoms with Gasteiger partial charge in [0.1, 0.15) is 10.7 Å². The van der Waals surface area contributed by atoms with E-state index in [2.05, 4.69) is 38.1 Å². The minimum atomic E-state index is -0.241. The molecule has 1 fully saturated rings. The molecular weight excluding hydrogens is 394 g/mol. The highest BCUT2D eigenvalue weighted by molar-refractivity contribution is 7.17. The number of nitrogens with one attached hydrogen (secondary N) is 3. The number of rotatable bonds is 5. The lowest BCUT2D eigenvalue weighted by Crippen LogP contribution is -2.26. The summed E-state index contributed by atoms with van der Waals surface area (Å²) in [6, 6.07) is 11.3. The maximum Gasteiger partial charge on any atom is 0.267 e. The van der Waals surface area contributed by atoms with E-state index in [1.54, 1.807) is 18.3 Å². The fourth-order valence-corrected chi connectivity index (χ4v) is 4.12. The highest BCUT2D eigenvalue weighted by atomic mass is 35.5. The van der Waals surface area contributed by atoms with E-state index < -0.39 is 0 Å². The average molecular weight is 414 g/mol. The van der Waals surface area contributed by atoms with E-state index in [0.717, 1.165) is 31.7 Å². The van der Waals surface area contributed by atoms with Gasteiger partial charge in [-0.2, -0.15) is 0 Å². The number of benzene rings is 1. The molecule has 0 radical (unpaired) electrons. The van der Waals surface area contributed by atoms with Gasteiger partial charge in [-0.25, -0.2) is 9.97 Å². The Hall–Kier alpha value is -2.48. The number of anilines is 3. The van der Waals surface area contributed by atoms with E-state index in [9.17, 15) is 4.79 Å². The lowest BCUT2D eigenvalue weighted by atomic mass is 9.91. The van der Waals surface area contributed by atoms with Crippen molar-refractivity contribution in [3.05, 3.63) is 64.3 Å². The standard InChI is InChI=1S/C20H20ClN5OS/c21-15-3-1-2-4-16(15)25-19(27)17-12-24-20(28-17)26-18-11-14(7-10-23-18)13-5-8-22-9-6-13/h1-4,7,10-13,22H,5-6,8-9H2,(H,25,27)(H,23,24,26). The molecule has 144 valence electrons. The number of piperidine rings is 1. The first-order chi connectivity index (χ1) is 13.7. The van der Waals surface area contributed by atoms with Gasteiger partial charge in [-0.1, -0.05) is 35.1 Å². The molecule has 4 rings (SSSR count). The fraction of sp³-hybridized carbons (Fsp3) is 0.250. The van der Waals surface area contributed by atoms with Crippen LogP contribution in [0.4, 0.5) is 16.6 Å². The zero-order valence-corrected chi connectivity index (χ0v) is 16.7. The van der Waals surface area contributed by atoms with E-state index in [4.69, 9.17) is 11.6 Å². The molecule has 0 unspecified atom stereocenters. The minimum absolute atomic E-state index is 0.241. The summed E-state index contributed by atoms with van der Waals surface area (Å²) in [6.45, 7) is 2.10. The summed E-state index contributed by atoms with van der Waals surface area (Å²) in [5.74, 6) is 1.05. The molecule has 0 aliphatic carbocycles. The zero-order valence-electron chi connectivity index (χ0n) is 15.1. The number of carbonyl (C=O) groups is 1. The summed E-state index contributed by atoms with van der Waals surface area (Å²) in [6.07, 6.45) is 5.63. The number of hydrogen-bond donors (Lipinski definition) is 3. The van der Waals surface area contributed by atoms with Gasteiger partial charge in [0.15, 0.2) is 5.13 Å². The van der Waals surface area contributed by atoms with E-state index in [1.165, 1.54) is 16.9 Å². The molecule has 1 aliphatic rings. The van der Waals surface area contributed by atoms with E-state index in [-0.39, 0.29) is 5.91 Å². The van der Waals surface area contributed by atoms with Crippen LogP contribution >= 0.6 is 22.9 Å². The molecule has 2 aromatic heterocycles. The monoisotopic (exact) mass is 413 g/mol. The Morgan fingerprint density at radius 2 is 2.00 bits per heavy atom. The first-order valence-corrected chi connectivity index (χ1v) is 10.3. The molecule has 3 N–H and O–H groups in total. The number of amides is 1. The number of nitrogens with zero attached hydrogens (tertiary/aromatic N) is 2. The Morgan fingerprint density at radius 3 is 2.82 bits per heavy atom. The van der Waals surface area contributed by atoms with Gasteiger partial charge in [0, 0.05) is 6.20 Å². The van der Waals surface area contributed by atoms with Crippen molar-refractivity contribution in [2.75, 3.05) is 23.7 Å². The largest absolute Gasteiger partial charge is 0.320 e. The van der Waals surface area contributed by atoms with Crippen LogP contribution in [0.1, 0.15) is 34.0 Å². The molecule has 6 nitrogen and oxygen atoms in total. The molecule has 1 aromatic carbocycles. The Balaban J connectivity index is 1.43. The minimum Gasteiger partial charge on any atom is -0.320 e. The maximum atomic E-state index is 12.4. The molecule has 28 heavy (non-hydrogen) atoms. The van der Waals surface area contributed by atoms with Crippen LogP contribution in [0.25, 0.3) is 0 Å². The second kappa shape index (κ2) is 8.68. The van der Waals surface area contributed by atoms with Crippen molar-refractivity contribution >= 4 is 45.5 Å². The highest BCUT2D eigenvalue weighted by Gasteiger charge is 2.16. The molecular formula is C20H20ClN5OS. The highest BCUT2D eigenvalue weighted by Crippen LogP contribution is 2.28. The molecule has 0 atom stereocenters. The van der Waals surface area contributed by atoms with Gasteiger partial charge in [0.25, 0.3) is 5.91 Å². The number of carbonyl (C=O) groups excluding carboxylic acids is 1. The Morgan fingerprint density at radius 1 is 1.18 bits per heavy atom. The third-order valence-corrected chi connectivity index (χ3v) is 5.92. The Bertz CT molecular complexity index is 970. The SMILES string of the molecule is O=C(Nc1ccccc1Cl)c1cnc(Nc2cc(C3CCNCC3)ccn2)s1. The zero-order chi connectivity index (χ0) is 19.3. The molecule has 1 aliphatic heterocycles. The van der Waals surface area contributed by atoms with Crippen LogP contribution in [0.15, 0.2) is 48.8 Å². The molecule has 0 spiro atoms. The van der Waals surface area contributed by atoms with Crippen molar-refractivity contribution in [2.24, 2.45) is 0 Å². The van der Waals surface area contributed by atoms with Crippen molar-refractivity contribution in [1.82, 2.24) is 15.3 Å². The van der Waals surface area contributed by atoms with Crippen LogP contribution in [0, 0.1) is 0 Å². The number of thiazole rings is 1. The van der Waals surface area contributed by atoms with E-state index in [0.29, 0.717) is 26.6 Å². The summed E-state index contributed by atoms with van der Waals surface area (Å²) >= 11 is 7.37. The van der Waals surface area contributed by atoms with Crippen LogP contribution in [-0.4, -0.2) is 29.0 Å². The average Bonchev–Trinajstić information content (AvgIpc) is 3.19. The van der Waals surface area contributed by atoms with Crippen LogP contribution < -0.4 is 16.0 Å². The first-order valence-electron chi connectivity index (χ1n) is 9.14. The predicted octanol–water partition coefficient (Wildman–Crippen LogP) is 4.65. The third kappa shape index (κ3) is 4.49. The van der Waals surface area contributed by atoms with Gasteiger partial charge in [-0.3, -0.25) is 4.79 Å². The van der Waals surface area contributed by atoms with E-state index in [1.807, 2.05) is 18.3 Å². The number of pyridine rings is 1. The first kappa shape index (κ1) is 18.9. The van der Waals surface area contributed by atoms with Crippen molar-refractivity contribution in [2.45, 2.75) is 18.8 Å². The number of para-hydroxylation sites is 1. The van der Waals surface area contributed by atoms with Crippen molar-refractivity contribution < 1.29 is 4.79 Å². The molecule has 0 bridgehead atoms. The van der Waals surface area contributed by atoms with E-state index >= 15 is 0 Å². The lowest BCUT2D eigenvalue weighted by molar-refractivity contribution is 0.103. The van der Waals surface area contributed by atoms with Gasteiger partial charge in [-0.05, 0) is 61.7 Å². The van der Waals surface area contributed by atoms with Crippen LogP contribution in [0.2, 0.25) is 5.02 Å². The molecule has 3 aromatic rings. The summed E-state index contributed by atoms with van der Waals surface area (Å²) in [5.41, 5.74) is 1.86. The summed E-state index contributed by atoms with van der Waals surface area (Å²) < 4.78 is 0. The Kier molecular flexibility index (Phi) is 5.85. The molecule has 3 heterocycles. The quantitative estimate of drug-likeness (QED) is 0.567. The van der Waals surface area contributed by atoms with Gasteiger partial charge >= 0.3 is 0 Å². The third-order valence-electron chi connectivity index (χ3n) is 4.68. The smallest absolute Gasteiger partial charge is 0.267 e. The number of hydrogen-bond acceptors (Lipinski definition) is 6. The summed E-state index contributed by atoms with van der Waals surface area (Å²) in [4.78, 5) is 21.6. The molecule has 1 saturated heterocycles. The number of aromatic nitrogens is 2. The maximum absolute atomic E-state index is 12.4. The normalized spacial score (nSPS) is 14.6. The van der Waals surface area contributed by atoms with Crippen LogP contribution in [0.5, 0.6) is 0 Å².